The van der Waals surface area contributed by atoms with E-state index in [0.29, 0.717) is 5.33 Å². The number of anilines is 1. The monoisotopic (exact) mass is 353 g/mol. The Morgan fingerprint density at radius 3 is 2.85 bits per heavy atom. The van der Waals surface area contributed by atoms with Gasteiger partial charge in [0.05, 0.1) is 5.33 Å². The fraction of sp³-hybridized carbons (Fsp3) is 0.222. The Morgan fingerprint density at radius 2 is 2.31 bits per heavy atom. The van der Waals surface area contributed by atoms with Crippen molar-refractivity contribution in [3.8, 4) is 0 Å². The third-order valence-electron chi connectivity index (χ3n) is 1.58. The predicted octanol–water partition coefficient (Wildman–Crippen LogP) is 2.93. The van der Waals surface area contributed by atoms with Crippen LogP contribution in [-0.4, -0.2) is 11.2 Å². The Labute approximate surface area is 99.4 Å². The van der Waals surface area contributed by atoms with Gasteiger partial charge in [-0.3, -0.25) is 4.79 Å². The number of nitrogens with one attached hydrogen (secondary N) is 1. The molecular weight excluding hydrogens is 345 g/mol. The molecule has 0 unspecified atom stereocenters. The summed E-state index contributed by atoms with van der Waals surface area (Å²) in [5.74, 6) is -0.0238. The first-order chi connectivity index (χ1) is 6.13. The number of carbonyl (C=O) groups is 1. The molecule has 70 valence electrons. The third kappa shape index (κ3) is 3.27. The van der Waals surface area contributed by atoms with Gasteiger partial charge in [0.15, 0.2) is 0 Å². The maximum atomic E-state index is 11.1. The first-order valence-electron chi connectivity index (χ1n) is 3.75. The molecule has 0 aromatic heterocycles. The van der Waals surface area contributed by atoms with Gasteiger partial charge in [-0.15, -0.1) is 0 Å². The van der Waals surface area contributed by atoms with Crippen LogP contribution in [0.4, 0.5) is 5.69 Å². The second-order valence-corrected chi connectivity index (χ2v) is 4.45. The molecule has 0 saturated heterocycles. The number of aryl methyl sites for hydroxylation is 1. The van der Waals surface area contributed by atoms with Crippen molar-refractivity contribution in [1.82, 2.24) is 0 Å². The number of alkyl halides is 1. The summed E-state index contributed by atoms with van der Waals surface area (Å²) < 4.78 is 1.17. The number of rotatable bonds is 2. The molecule has 0 heterocycles. The number of halogens is 2. The molecule has 1 rings (SSSR count). The molecule has 0 aliphatic rings. The summed E-state index contributed by atoms with van der Waals surface area (Å²) in [7, 11) is 0. The van der Waals surface area contributed by atoms with E-state index in [-0.39, 0.29) is 5.91 Å². The number of hydrogen-bond acceptors (Lipinski definition) is 1. The van der Waals surface area contributed by atoms with Crippen LogP contribution in [0.25, 0.3) is 0 Å². The maximum Gasteiger partial charge on any atom is 0.235 e. The second-order valence-electron chi connectivity index (χ2n) is 2.64. The van der Waals surface area contributed by atoms with Gasteiger partial charge in [0.25, 0.3) is 0 Å². The summed E-state index contributed by atoms with van der Waals surface area (Å²) in [4.78, 5) is 11.1. The van der Waals surface area contributed by atoms with Crippen LogP contribution in [0.5, 0.6) is 0 Å². The van der Waals surface area contributed by atoms with Gasteiger partial charge in [-0.1, -0.05) is 15.9 Å². The molecule has 1 aromatic carbocycles. The van der Waals surface area contributed by atoms with Gasteiger partial charge in [-0.25, -0.2) is 0 Å². The number of hydrogen-bond donors (Lipinski definition) is 1. The lowest BCUT2D eigenvalue weighted by Gasteiger charge is -2.06. The standard InChI is InChI=1S/C9H9BrINO/c1-6-4-7(11)2-3-8(6)12-9(13)5-10/h2-4H,5H2,1H3,(H,12,13). The third-order valence-corrected chi connectivity index (χ3v) is 2.76. The van der Waals surface area contributed by atoms with Crippen LogP contribution < -0.4 is 5.32 Å². The molecule has 0 atom stereocenters. The zero-order chi connectivity index (χ0) is 9.84. The summed E-state index contributed by atoms with van der Waals surface area (Å²) in [6.07, 6.45) is 0. The highest BCUT2D eigenvalue weighted by atomic mass is 127. The van der Waals surface area contributed by atoms with Crippen molar-refractivity contribution in [2.45, 2.75) is 6.92 Å². The summed E-state index contributed by atoms with van der Waals surface area (Å²) in [6.45, 7) is 1.98. The highest BCUT2D eigenvalue weighted by molar-refractivity contribution is 14.1. The molecule has 0 aliphatic carbocycles. The first kappa shape index (κ1) is 11.0. The molecule has 1 amide bonds. The zero-order valence-corrected chi connectivity index (χ0v) is 10.8. The Hall–Kier alpha value is -0.100. The van der Waals surface area contributed by atoms with Gasteiger partial charge in [0.1, 0.15) is 0 Å². The van der Waals surface area contributed by atoms with Gasteiger partial charge in [0.2, 0.25) is 5.91 Å². The molecule has 0 radical (unpaired) electrons. The Balaban J connectivity index is 2.83. The lowest BCUT2D eigenvalue weighted by Crippen LogP contribution is -2.13. The molecule has 0 fully saturated rings. The van der Waals surface area contributed by atoms with Gasteiger partial charge in [-0.2, -0.15) is 0 Å². The molecule has 13 heavy (non-hydrogen) atoms. The van der Waals surface area contributed by atoms with Crippen LogP contribution in [0.1, 0.15) is 5.56 Å². The molecule has 0 aliphatic heterocycles. The topological polar surface area (TPSA) is 29.1 Å². The van der Waals surface area contributed by atoms with Crippen molar-refractivity contribution in [1.29, 1.82) is 0 Å². The van der Waals surface area contributed by atoms with Crippen molar-refractivity contribution >= 4 is 50.1 Å². The highest BCUT2D eigenvalue weighted by Crippen LogP contribution is 2.17. The first-order valence-corrected chi connectivity index (χ1v) is 5.95. The molecule has 1 aromatic rings. The van der Waals surface area contributed by atoms with Crippen molar-refractivity contribution in [3.05, 3.63) is 27.3 Å². The van der Waals surface area contributed by atoms with E-state index >= 15 is 0 Å². The lowest BCUT2D eigenvalue weighted by atomic mass is 10.2. The van der Waals surface area contributed by atoms with Crippen LogP contribution in [0.2, 0.25) is 0 Å². The summed E-state index contributed by atoms with van der Waals surface area (Å²) >= 11 is 5.34. The van der Waals surface area contributed by atoms with E-state index in [9.17, 15) is 4.79 Å². The van der Waals surface area contributed by atoms with Crippen molar-refractivity contribution < 1.29 is 4.79 Å². The molecular formula is C9H9BrINO. The molecule has 0 spiro atoms. The second kappa shape index (κ2) is 4.95. The molecule has 0 saturated carbocycles. The van der Waals surface area contributed by atoms with Crippen LogP contribution in [0, 0.1) is 10.5 Å². The van der Waals surface area contributed by atoms with E-state index in [4.69, 9.17) is 0 Å². The summed E-state index contributed by atoms with van der Waals surface area (Å²) in [5.41, 5.74) is 1.96. The van der Waals surface area contributed by atoms with Crippen molar-refractivity contribution in [3.63, 3.8) is 0 Å². The van der Waals surface area contributed by atoms with Crippen LogP contribution >= 0.6 is 38.5 Å². The average molecular weight is 354 g/mol. The van der Waals surface area contributed by atoms with Crippen LogP contribution in [-0.2, 0) is 4.79 Å². The highest BCUT2D eigenvalue weighted by Gasteiger charge is 2.02. The fourth-order valence-corrected chi connectivity index (χ4v) is 1.74. The Kier molecular flexibility index (Phi) is 4.18. The number of carbonyl (C=O) groups excluding carboxylic acids is 1. The lowest BCUT2D eigenvalue weighted by molar-refractivity contribution is -0.113. The number of amides is 1. The molecule has 4 heteroatoms. The van der Waals surface area contributed by atoms with Gasteiger partial charge in [0, 0.05) is 9.26 Å². The van der Waals surface area contributed by atoms with Gasteiger partial charge in [-0.05, 0) is 53.3 Å². The Bertz CT molecular complexity index is 327. The molecule has 1 N–H and O–H groups in total. The minimum Gasteiger partial charge on any atom is -0.325 e. The van der Waals surface area contributed by atoms with Crippen molar-refractivity contribution in [2.75, 3.05) is 10.6 Å². The zero-order valence-electron chi connectivity index (χ0n) is 7.10. The summed E-state index contributed by atoms with van der Waals surface area (Å²) in [6, 6.07) is 5.92. The minimum atomic E-state index is -0.0238. The molecule has 2 nitrogen and oxygen atoms in total. The maximum absolute atomic E-state index is 11.1. The van der Waals surface area contributed by atoms with E-state index in [1.54, 1.807) is 0 Å². The summed E-state index contributed by atoms with van der Waals surface area (Å²) in [5, 5.41) is 3.13. The van der Waals surface area contributed by atoms with Crippen LogP contribution in [0.3, 0.4) is 0 Å². The van der Waals surface area contributed by atoms with E-state index in [2.05, 4.69) is 43.8 Å². The van der Waals surface area contributed by atoms with E-state index in [0.717, 1.165) is 11.3 Å². The van der Waals surface area contributed by atoms with Crippen molar-refractivity contribution in [2.24, 2.45) is 0 Å². The van der Waals surface area contributed by atoms with E-state index in [1.807, 2.05) is 25.1 Å². The smallest absolute Gasteiger partial charge is 0.235 e. The normalized spacial score (nSPS) is 9.77. The van der Waals surface area contributed by atoms with Crippen LogP contribution in [0.15, 0.2) is 18.2 Å². The van der Waals surface area contributed by atoms with E-state index in [1.165, 1.54) is 3.57 Å². The Morgan fingerprint density at radius 1 is 1.62 bits per heavy atom. The minimum absolute atomic E-state index is 0.0238. The molecule has 0 bridgehead atoms. The fourth-order valence-electron chi connectivity index (χ4n) is 0.951. The SMILES string of the molecule is Cc1cc(I)ccc1NC(=O)CBr. The largest absolute Gasteiger partial charge is 0.325 e. The van der Waals surface area contributed by atoms with E-state index < -0.39 is 0 Å². The van der Waals surface area contributed by atoms with Gasteiger partial charge < -0.3 is 5.32 Å². The number of benzene rings is 1. The average Bonchev–Trinajstić information content (AvgIpc) is 2.09. The van der Waals surface area contributed by atoms with Gasteiger partial charge >= 0.3 is 0 Å². The quantitative estimate of drug-likeness (QED) is 0.642. The predicted molar refractivity (Wildman–Crippen MR) is 66.3 cm³/mol.